The largest absolute Gasteiger partial charge is 0.492 e. The van der Waals surface area contributed by atoms with Crippen molar-refractivity contribution in [3.63, 3.8) is 0 Å². The van der Waals surface area contributed by atoms with Crippen LogP contribution in [0.2, 0.25) is 0 Å². The van der Waals surface area contributed by atoms with Crippen molar-refractivity contribution in [2.75, 3.05) is 26.2 Å². The number of ether oxygens (including phenoxy) is 1. The first kappa shape index (κ1) is 47.2. The maximum atomic E-state index is 10.3. The molecule has 0 aromatic heterocycles. The number of carbonyl (C=O) groups is 6. The number of aliphatic hydroxyl groups is 2. The summed E-state index contributed by atoms with van der Waals surface area (Å²) in [5.74, 6) is -9.16. The minimum absolute atomic E-state index is 0.688. The molecule has 0 heterocycles. The summed E-state index contributed by atoms with van der Waals surface area (Å²) in [6.45, 7) is 8.05. The van der Waals surface area contributed by atoms with Gasteiger partial charge in [0, 0.05) is 12.1 Å². The summed E-state index contributed by atoms with van der Waals surface area (Å²) in [5.41, 5.74) is -1.28. The van der Waals surface area contributed by atoms with E-state index in [1.807, 2.05) is 60.7 Å². The molecule has 298 valence electrons. The molecule has 0 atom stereocenters. The van der Waals surface area contributed by atoms with E-state index in [1.54, 1.807) is 0 Å². The fourth-order valence-electron chi connectivity index (χ4n) is 4.73. The summed E-state index contributed by atoms with van der Waals surface area (Å²) >= 11 is 6.87. The summed E-state index contributed by atoms with van der Waals surface area (Å²) in [7, 11) is 0. The molecule has 3 aromatic rings. The zero-order valence-electron chi connectivity index (χ0n) is 30.0. The maximum Gasteiger partial charge on any atom is 0.336 e. The van der Waals surface area contributed by atoms with Crippen LogP contribution in [0.15, 0.2) is 84.9 Å². The Bertz CT molecular complexity index is 1680. The van der Waals surface area contributed by atoms with Crippen LogP contribution in [-0.2, 0) is 28.8 Å². The van der Waals surface area contributed by atoms with E-state index in [1.165, 1.54) is 0 Å². The van der Waals surface area contributed by atoms with Crippen molar-refractivity contribution in [3.8, 4) is 5.75 Å². The molecule has 3 rings (SSSR count). The molecule has 3 aromatic carbocycles. The number of benzene rings is 3. The molecule has 0 aliphatic heterocycles. The molecule has 0 fully saturated rings. The molecule has 0 aliphatic rings. The highest BCUT2D eigenvalue weighted by Gasteiger charge is 2.41. The number of carboxylic acid groups (broad SMARTS) is 6. The standard InChI is InChI=1S/C26H28ClNO.2C6H8O7/c1-3-28(4-2)19-20-29-24-17-15-22(16-18-24)25(21-11-7-5-8-12-21)26(27)23-13-9-6-10-14-23;2*7-3(8)1-6(13,5(11)12)2-4(9)10/h5-18H,3-4,19-20H2,1-2H3;2*13H,1-2H2,(H,7,8)(H,9,10)(H,11,12). The number of carboxylic acids is 6. The van der Waals surface area contributed by atoms with Gasteiger partial charge in [-0.2, -0.15) is 0 Å². The molecule has 17 heteroatoms. The van der Waals surface area contributed by atoms with E-state index in [4.69, 9.17) is 57.2 Å². The third-order valence-corrected chi connectivity index (χ3v) is 8.00. The van der Waals surface area contributed by atoms with Crippen LogP contribution >= 0.6 is 11.6 Å². The number of likely N-dealkylation sites (N-methyl/N-ethyl adjacent to an activating group) is 1. The molecule has 0 amide bonds. The summed E-state index contributed by atoms with van der Waals surface area (Å²) in [6.07, 6.45) is -4.58. The number of aliphatic carboxylic acids is 6. The second-order valence-corrected chi connectivity index (χ2v) is 12.2. The van der Waals surface area contributed by atoms with Crippen molar-refractivity contribution in [1.29, 1.82) is 0 Å². The minimum Gasteiger partial charge on any atom is -0.492 e. The van der Waals surface area contributed by atoms with Gasteiger partial charge in [0.1, 0.15) is 12.4 Å². The van der Waals surface area contributed by atoms with Gasteiger partial charge >= 0.3 is 35.8 Å². The lowest BCUT2D eigenvalue weighted by molar-refractivity contribution is -0.170. The van der Waals surface area contributed by atoms with Crippen molar-refractivity contribution >= 4 is 58.0 Å². The Morgan fingerprint density at radius 2 is 0.909 bits per heavy atom. The molecule has 0 spiro atoms. The van der Waals surface area contributed by atoms with Gasteiger partial charge < -0.3 is 50.5 Å². The SMILES string of the molecule is CCN(CC)CCOc1ccc(C(=C(Cl)c2ccccc2)c2ccccc2)cc1.O=C(O)CC(O)(CC(=O)O)C(=O)O.O=C(O)CC(O)(CC(=O)O)C(=O)O. The number of hydrogen-bond acceptors (Lipinski definition) is 10. The fourth-order valence-corrected chi connectivity index (χ4v) is 5.08. The van der Waals surface area contributed by atoms with Crippen LogP contribution in [-0.4, -0.2) is 119 Å². The van der Waals surface area contributed by atoms with E-state index in [-0.39, 0.29) is 0 Å². The van der Waals surface area contributed by atoms with E-state index in [0.717, 1.165) is 52.7 Å². The van der Waals surface area contributed by atoms with Crippen molar-refractivity contribution in [1.82, 2.24) is 4.90 Å². The van der Waals surface area contributed by atoms with Crippen molar-refractivity contribution in [2.24, 2.45) is 0 Å². The first-order valence-corrected chi connectivity index (χ1v) is 16.9. The molecule has 55 heavy (non-hydrogen) atoms. The Hall–Kier alpha value is -5.81. The predicted molar refractivity (Wildman–Crippen MR) is 199 cm³/mol. The molecule has 0 saturated heterocycles. The second-order valence-electron chi connectivity index (χ2n) is 11.8. The lowest BCUT2D eigenvalue weighted by Gasteiger charge is -2.18. The van der Waals surface area contributed by atoms with Crippen LogP contribution in [0.1, 0.15) is 56.2 Å². The molecule has 0 radical (unpaired) electrons. The van der Waals surface area contributed by atoms with Gasteiger partial charge in [0.2, 0.25) is 0 Å². The van der Waals surface area contributed by atoms with Gasteiger partial charge in [-0.3, -0.25) is 19.2 Å². The molecule has 0 saturated carbocycles. The van der Waals surface area contributed by atoms with Crippen LogP contribution in [0.5, 0.6) is 5.75 Å². The van der Waals surface area contributed by atoms with Crippen LogP contribution in [0.4, 0.5) is 0 Å². The van der Waals surface area contributed by atoms with E-state index in [0.29, 0.717) is 6.61 Å². The molecule has 8 N–H and O–H groups in total. The Morgan fingerprint density at radius 1 is 0.564 bits per heavy atom. The lowest BCUT2D eigenvalue weighted by atomic mass is 9.95. The smallest absolute Gasteiger partial charge is 0.336 e. The first-order valence-electron chi connectivity index (χ1n) is 16.5. The number of hydrogen-bond donors (Lipinski definition) is 8. The van der Waals surface area contributed by atoms with Crippen LogP contribution in [0, 0.1) is 0 Å². The maximum absolute atomic E-state index is 10.3. The predicted octanol–water partition coefficient (Wildman–Crippen LogP) is 4.07. The Labute approximate surface area is 321 Å². The molecule has 0 unspecified atom stereocenters. The van der Waals surface area contributed by atoms with E-state index < -0.39 is 72.7 Å². The van der Waals surface area contributed by atoms with Gasteiger partial charge in [-0.15, -0.1) is 0 Å². The summed E-state index contributed by atoms with van der Waals surface area (Å²) in [6, 6.07) is 28.6. The van der Waals surface area contributed by atoms with Gasteiger partial charge in [-0.05, 0) is 41.9 Å². The number of nitrogens with zero attached hydrogens (tertiary/aromatic N) is 1. The third kappa shape index (κ3) is 16.8. The number of halogens is 1. The summed E-state index contributed by atoms with van der Waals surface area (Å²) in [5, 5.41) is 68.4. The highest BCUT2D eigenvalue weighted by Crippen LogP contribution is 2.35. The van der Waals surface area contributed by atoms with Crippen molar-refractivity contribution in [2.45, 2.75) is 50.7 Å². The highest BCUT2D eigenvalue weighted by atomic mass is 35.5. The summed E-state index contributed by atoms with van der Waals surface area (Å²) < 4.78 is 5.94. The molecule has 0 aliphatic carbocycles. The zero-order chi connectivity index (χ0) is 41.8. The normalized spacial score (nSPS) is 11.5. The topological polar surface area (TPSA) is 277 Å². The van der Waals surface area contributed by atoms with Crippen LogP contribution in [0.3, 0.4) is 0 Å². The Morgan fingerprint density at radius 3 is 1.24 bits per heavy atom. The highest BCUT2D eigenvalue weighted by molar-refractivity contribution is 6.53. The second kappa shape index (κ2) is 23.1. The third-order valence-electron chi connectivity index (χ3n) is 7.59. The van der Waals surface area contributed by atoms with Crippen LogP contribution < -0.4 is 4.74 Å². The van der Waals surface area contributed by atoms with Gasteiger partial charge in [-0.25, -0.2) is 9.59 Å². The fraction of sp³-hybridized carbons (Fsp3) is 0.316. The molecule has 0 bridgehead atoms. The van der Waals surface area contributed by atoms with Crippen molar-refractivity contribution in [3.05, 3.63) is 102 Å². The van der Waals surface area contributed by atoms with Gasteiger partial charge in [-0.1, -0.05) is 98.2 Å². The van der Waals surface area contributed by atoms with E-state index in [2.05, 4.69) is 43.0 Å². The average Bonchev–Trinajstić information content (AvgIpc) is 3.11. The Kier molecular flexibility index (Phi) is 19.8. The monoisotopic (exact) mass is 789 g/mol. The van der Waals surface area contributed by atoms with Crippen molar-refractivity contribution < 1.29 is 74.4 Å². The van der Waals surface area contributed by atoms with Crippen LogP contribution in [0.25, 0.3) is 10.6 Å². The number of rotatable bonds is 19. The minimum atomic E-state index is -2.74. The zero-order valence-corrected chi connectivity index (χ0v) is 30.8. The van der Waals surface area contributed by atoms with E-state index in [9.17, 15) is 28.8 Å². The van der Waals surface area contributed by atoms with Gasteiger partial charge in [0.15, 0.2) is 11.2 Å². The van der Waals surface area contributed by atoms with E-state index >= 15 is 0 Å². The van der Waals surface area contributed by atoms with Gasteiger partial charge in [0.25, 0.3) is 0 Å². The molecule has 16 nitrogen and oxygen atoms in total. The summed E-state index contributed by atoms with van der Waals surface area (Å²) in [4.78, 5) is 63.3. The molecular formula is C38H44ClNO15. The Balaban J connectivity index is 0.000000485. The lowest BCUT2D eigenvalue weighted by Crippen LogP contribution is -2.42. The first-order chi connectivity index (χ1) is 25.8. The molecular weight excluding hydrogens is 746 g/mol. The quantitative estimate of drug-likeness (QED) is 0.0795. The average molecular weight is 790 g/mol. The van der Waals surface area contributed by atoms with Gasteiger partial charge in [0.05, 0.1) is 30.7 Å².